The van der Waals surface area contributed by atoms with E-state index in [0.717, 1.165) is 44.0 Å². The van der Waals surface area contributed by atoms with E-state index < -0.39 is 0 Å². The molecule has 1 fully saturated rings. The summed E-state index contributed by atoms with van der Waals surface area (Å²) in [5, 5.41) is 10.1. The number of hydrogen-bond donors (Lipinski definition) is 1. The van der Waals surface area contributed by atoms with Crippen LogP contribution in [0, 0.1) is 12.8 Å². The van der Waals surface area contributed by atoms with Crippen LogP contribution in [0.5, 0.6) is 0 Å². The first-order valence-electron chi connectivity index (χ1n) is 6.45. The Morgan fingerprint density at radius 3 is 2.67 bits per heavy atom. The van der Waals surface area contributed by atoms with Crippen molar-refractivity contribution in [2.45, 2.75) is 39.3 Å². The number of rotatable bonds is 3. The first-order chi connectivity index (χ1) is 8.54. The van der Waals surface area contributed by atoms with Gasteiger partial charge < -0.3 is 5.11 Å². The van der Waals surface area contributed by atoms with Crippen molar-refractivity contribution >= 4 is 11.6 Å². The Kier molecular flexibility index (Phi) is 4.54. The van der Waals surface area contributed by atoms with Gasteiger partial charge in [-0.25, -0.2) is 9.97 Å². The highest BCUT2D eigenvalue weighted by atomic mass is 35.5. The van der Waals surface area contributed by atoms with Crippen molar-refractivity contribution in [1.29, 1.82) is 0 Å². The van der Waals surface area contributed by atoms with Crippen LogP contribution >= 0.6 is 11.6 Å². The summed E-state index contributed by atoms with van der Waals surface area (Å²) in [5.41, 5.74) is 0.906. The van der Waals surface area contributed by atoms with E-state index in [1.165, 1.54) is 0 Å². The quantitative estimate of drug-likeness (QED) is 0.853. The number of piperidine rings is 1. The molecule has 1 aliphatic rings. The van der Waals surface area contributed by atoms with E-state index in [9.17, 15) is 5.11 Å². The van der Waals surface area contributed by atoms with Crippen molar-refractivity contribution in [3.05, 3.63) is 22.7 Å². The SMILES string of the molecule is Cc1cc(Cl)nc(CN2CCC(C(C)O)CC2)n1. The van der Waals surface area contributed by atoms with Crippen LogP contribution in [0.2, 0.25) is 5.15 Å². The van der Waals surface area contributed by atoms with Gasteiger partial charge in [0.25, 0.3) is 0 Å². The van der Waals surface area contributed by atoms with Crippen molar-refractivity contribution < 1.29 is 5.11 Å². The number of aliphatic hydroxyl groups excluding tert-OH is 1. The minimum absolute atomic E-state index is 0.197. The van der Waals surface area contributed by atoms with E-state index in [1.807, 2.05) is 13.8 Å². The summed E-state index contributed by atoms with van der Waals surface area (Å²) < 4.78 is 0. The summed E-state index contributed by atoms with van der Waals surface area (Å²) in [5.74, 6) is 1.22. The molecule has 100 valence electrons. The topological polar surface area (TPSA) is 49.2 Å². The van der Waals surface area contributed by atoms with Gasteiger partial charge in [0.15, 0.2) is 0 Å². The van der Waals surface area contributed by atoms with Crippen molar-refractivity contribution in [2.75, 3.05) is 13.1 Å². The average molecular weight is 270 g/mol. The van der Waals surface area contributed by atoms with Gasteiger partial charge in [-0.05, 0) is 51.8 Å². The lowest BCUT2D eigenvalue weighted by Crippen LogP contribution is -2.37. The Morgan fingerprint density at radius 1 is 1.44 bits per heavy atom. The van der Waals surface area contributed by atoms with Gasteiger partial charge in [0.05, 0.1) is 12.6 Å². The third-order valence-corrected chi connectivity index (χ3v) is 3.74. The van der Waals surface area contributed by atoms with E-state index in [4.69, 9.17) is 11.6 Å². The molecule has 0 aliphatic carbocycles. The fourth-order valence-corrected chi connectivity index (χ4v) is 2.71. The van der Waals surface area contributed by atoms with Gasteiger partial charge in [0, 0.05) is 5.69 Å². The monoisotopic (exact) mass is 269 g/mol. The molecule has 0 bridgehead atoms. The predicted molar refractivity (Wildman–Crippen MR) is 71.5 cm³/mol. The standard InChI is InChI=1S/C13H20ClN3O/c1-9-7-12(14)16-13(15-9)8-17-5-3-11(4-6-17)10(2)18/h7,10-11,18H,3-6,8H2,1-2H3. The fourth-order valence-electron chi connectivity index (χ4n) is 2.45. The van der Waals surface area contributed by atoms with Crippen molar-refractivity contribution in [3.63, 3.8) is 0 Å². The summed E-state index contributed by atoms with van der Waals surface area (Å²) in [6.45, 7) is 6.53. The van der Waals surface area contributed by atoms with E-state index in [0.29, 0.717) is 11.1 Å². The number of aryl methyl sites for hydroxylation is 1. The number of hydrogen-bond acceptors (Lipinski definition) is 4. The third kappa shape index (κ3) is 3.64. The molecule has 1 saturated heterocycles. The maximum atomic E-state index is 9.57. The van der Waals surface area contributed by atoms with Gasteiger partial charge in [-0.1, -0.05) is 11.6 Å². The van der Waals surface area contributed by atoms with Crippen LogP contribution in [-0.2, 0) is 6.54 Å². The second-order valence-corrected chi connectivity index (χ2v) is 5.49. The van der Waals surface area contributed by atoms with Gasteiger partial charge in [0.2, 0.25) is 0 Å². The lowest BCUT2D eigenvalue weighted by atomic mass is 9.92. The van der Waals surface area contributed by atoms with Gasteiger partial charge in [-0.2, -0.15) is 0 Å². The van der Waals surface area contributed by atoms with Crippen LogP contribution in [0.3, 0.4) is 0 Å². The minimum Gasteiger partial charge on any atom is -0.393 e. The van der Waals surface area contributed by atoms with Crippen molar-refractivity contribution in [1.82, 2.24) is 14.9 Å². The van der Waals surface area contributed by atoms with E-state index in [2.05, 4.69) is 14.9 Å². The number of aromatic nitrogens is 2. The zero-order chi connectivity index (χ0) is 13.1. The summed E-state index contributed by atoms with van der Waals surface area (Å²) in [7, 11) is 0. The summed E-state index contributed by atoms with van der Waals surface area (Å²) in [6.07, 6.45) is 1.88. The van der Waals surface area contributed by atoms with Crippen LogP contribution < -0.4 is 0 Å². The van der Waals surface area contributed by atoms with E-state index in [1.54, 1.807) is 6.07 Å². The maximum Gasteiger partial charge on any atom is 0.144 e. The van der Waals surface area contributed by atoms with E-state index >= 15 is 0 Å². The maximum absolute atomic E-state index is 9.57. The first kappa shape index (κ1) is 13.7. The number of halogens is 1. The van der Waals surface area contributed by atoms with Gasteiger partial charge in [-0.3, -0.25) is 4.90 Å². The minimum atomic E-state index is -0.197. The fraction of sp³-hybridized carbons (Fsp3) is 0.692. The molecule has 1 N–H and O–H groups in total. The Bertz CT molecular complexity index is 383. The summed E-state index contributed by atoms with van der Waals surface area (Å²) in [6, 6.07) is 1.77. The lowest BCUT2D eigenvalue weighted by molar-refractivity contribution is 0.0687. The Labute approximate surface area is 113 Å². The third-order valence-electron chi connectivity index (χ3n) is 3.55. The van der Waals surface area contributed by atoms with Gasteiger partial charge in [0.1, 0.15) is 11.0 Å². The highest BCUT2D eigenvalue weighted by Gasteiger charge is 2.23. The molecule has 1 aliphatic heterocycles. The molecule has 5 heteroatoms. The Morgan fingerprint density at radius 2 is 2.11 bits per heavy atom. The lowest BCUT2D eigenvalue weighted by Gasteiger charge is -2.32. The molecule has 0 radical (unpaired) electrons. The Balaban J connectivity index is 1.91. The number of aliphatic hydroxyl groups is 1. The van der Waals surface area contributed by atoms with Gasteiger partial charge >= 0.3 is 0 Å². The van der Waals surface area contributed by atoms with Crippen LogP contribution in [0.4, 0.5) is 0 Å². The smallest absolute Gasteiger partial charge is 0.144 e. The molecule has 1 atom stereocenters. The average Bonchev–Trinajstić information content (AvgIpc) is 2.28. The second-order valence-electron chi connectivity index (χ2n) is 5.10. The molecule has 1 unspecified atom stereocenters. The molecule has 1 aromatic heterocycles. The molecule has 2 heterocycles. The van der Waals surface area contributed by atoms with Crippen LogP contribution in [0.1, 0.15) is 31.3 Å². The molecule has 0 amide bonds. The first-order valence-corrected chi connectivity index (χ1v) is 6.83. The molecule has 2 rings (SSSR count). The summed E-state index contributed by atoms with van der Waals surface area (Å²) >= 11 is 5.93. The van der Waals surface area contributed by atoms with Crippen molar-refractivity contribution in [2.24, 2.45) is 5.92 Å². The van der Waals surface area contributed by atoms with E-state index in [-0.39, 0.29) is 6.10 Å². The molecule has 18 heavy (non-hydrogen) atoms. The molecule has 1 aromatic rings. The Hall–Kier alpha value is -0.710. The number of nitrogens with zero attached hydrogens (tertiary/aromatic N) is 3. The molecule has 0 spiro atoms. The second kappa shape index (κ2) is 5.95. The number of likely N-dealkylation sites (tertiary alicyclic amines) is 1. The molecular weight excluding hydrogens is 250 g/mol. The van der Waals surface area contributed by atoms with Gasteiger partial charge in [-0.15, -0.1) is 0 Å². The normalized spacial score (nSPS) is 20.0. The zero-order valence-electron chi connectivity index (χ0n) is 10.9. The molecule has 4 nitrogen and oxygen atoms in total. The zero-order valence-corrected chi connectivity index (χ0v) is 11.7. The predicted octanol–water partition coefficient (Wildman–Crippen LogP) is 2.03. The molecular formula is C13H20ClN3O. The summed E-state index contributed by atoms with van der Waals surface area (Å²) in [4.78, 5) is 11.0. The van der Waals surface area contributed by atoms with Crippen LogP contribution in [-0.4, -0.2) is 39.2 Å². The molecule has 0 saturated carbocycles. The van der Waals surface area contributed by atoms with Crippen molar-refractivity contribution in [3.8, 4) is 0 Å². The highest BCUT2D eigenvalue weighted by molar-refractivity contribution is 6.29. The largest absolute Gasteiger partial charge is 0.393 e. The molecule has 0 aromatic carbocycles. The highest BCUT2D eigenvalue weighted by Crippen LogP contribution is 2.21. The van der Waals surface area contributed by atoms with Crippen LogP contribution in [0.25, 0.3) is 0 Å². The van der Waals surface area contributed by atoms with Crippen LogP contribution in [0.15, 0.2) is 6.07 Å².